The van der Waals surface area contributed by atoms with Crippen LogP contribution in [0, 0.1) is 5.92 Å². The normalized spacial score (nSPS) is 20.5. The van der Waals surface area contributed by atoms with E-state index in [1.54, 1.807) is 11.5 Å². The highest BCUT2D eigenvalue weighted by atomic mass is 32.1. The molecule has 4 heteroatoms. The minimum atomic E-state index is 0.307. The number of nitrogens with zero attached hydrogens (tertiary/aromatic N) is 2. The molecule has 1 N–H and O–H groups in total. The van der Waals surface area contributed by atoms with Crippen molar-refractivity contribution in [1.82, 2.24) is 4.37 Å². The van der Waals surface area contributed by atoms with Gasteiger partial charge < -0.3 is 10.0 Å². The van der Waals surface area contributed by atoms with E-state index in [9.17, 15) is 0 Å². The second kappa shape index (κ2) is 5.24. The van der Waals surface area contributed by atoms with Gasteiger partial charge in [-0.2, -0.15) is 4.37 Å². The summed E-state index contributed by atoms with van der Waals surface area (Å²) in [5.74, 6) is 0.629. The molecule has 1 aliphatic heterocycles. The molecule has 3 nitrogen and oxygen atoms in total. The Bertz CT molecular complexity index is 523. The molecule has 0 saturated carbocycles. The SMILES string of the molecule is OCCC1CCCN(c2snc3ccccc23)C1. The molecule has 0 aliphatic carbocycles. The van der Waals surface area contributed by atoms with Gasteiger partial charge in [0.1, 0.15) is 5.00 Å². The van der Waals surface area contributed by atoms with Gasteiger partial charge in [0.15, 0.2) is 0 Å². The fraction of sp³-hybridized carbons (Fsp3) is 0.500. The number of hydrogen-bond donors (Lipinski definition) is 1. The Morgan fingerprint density at radius 1 is 1.39 bits per heavy atom. The number of benzene rings is 1. The highest BCUT2D eigenvalue weighted by molar-refractivity contribution is 7.11. The average molecular weight is 262 g/mol. The van der Waals surface area contributed by atoms with Crippen LogP contribution >= 0.6 is 11.5 Å². The summed E-state index contributed by atoms with van der Waals surface area (Å²) in [5.41, 5.74) is 1.10. The molecular weight excluding hydrogens is 244 g/mol. The molecule has 1 saturated heterocycles. The van der Waals surface area contributed by atoms with Crippen LogP contribution in [0.3, 0.4) is 0 Å². The summed E-state index contributed by atoms with van der Waals surface area (Å²) in [6.45, 7) is 2.49. The number of rotatable bonds is 3. The zero-order valence-corrected chi connectivity index (χ0v) is 11.2. The lowest BCUT2D eigenvalue weighted by Crippen LogP contribution is -2.35. The second-order valence-corrected chi connectivity index (χ2v) is 5.72. The molecule has 18 heavy (non-hydrogen) atoms. The summed E-state index contributed by atoms with van der Waals surface area (Å²) < 4.78 is 4.52. The van der Waals surface area contributed by atoms with Crippen molar-refractivity contribution in [2.45, 2.75) is 19.3 Å². The first-order valence-corrected chi connectivity index (χ1v) is 7.36. The Hall–Kier alpha value is -1.13. The van der Waals surface area contributed by atoms with Crippen LogP contribution in [0.5, 0.6) is 0 Å². The maximum atomic E-state index is 9.08. The fourth-order valence-corrected chi connectivity index (χ4v) is 3.67. The first-order chi connectivity index (χ1) is 8.88. The molecule has 0 radical (unpaired) electrons. The van der Waals surface area contributed by atoms with E-state index in [4.69, 9.17) is 5.11 Å². The molecular formula is C14H18N2OS. The Morgan fingerprint density at radius 2 is 2.28 bits per heavy atom. The predicted molar refractivity (Wildman–Crippen MR) is 76.3 cm³/mol. The molecule has 1 fully saturated rings. The lowest BCUT2D eigenvalue weighted by Gasteiger charge is -2.33. The molecule has 0 bridgehead atoms. The smallest absolute Gasteiger partial charge is 0.119 e. The number of fused-ring (bicyclic) bond motifs is 1. The van der Waals surface area contributed by atoms with Crippen LogP contribution < -0.4 is 4.90 Å². The fourth-order valence-electron chi connectivity index (χ4n) is 2.77. The number of aliphatic hydroxyl groups is 1. The van der Waals surface area contributed by atoms with Crippen molar-refractivity contribution in [3.8, 4) is 0 Å². The topological polar surface area (TPSA) is 36.4 Å². The third kappa shape index (κ3) is 2.22. The van der Waals surface area contributed by atoms with Crippen molar-refractivity contribution < 1.29 is 5.11 Å². The highest BCUT2D eigenvalue weighted by Crippen LogP contribution is 2.34. The maximum absolute atomic E-state index is 9.08. The van der Waals surface area contributed by atoms with Gasteiger partial charge in [0.05, 0.1) is 5.52 Å². The van der Waals surface area contributed by atoms with Crippen LogP contribution in [0.25, 0.3) is 10.9 Å². The van der Waals surface area contributed by atoms with E-state index >= 15 is 0 Å². The van der Waals surface area contributed by atoms with Crippen molar-refractivity contribution in [2.24, 2.45) is 5.92 Å². The molecule has 1 atom stereocenters. The van der Waals surface area contributed by atoms with E-state index in [-0.39, 0.29) is 0 Å². The summed E-state index contributed by atoms with van der Waals surface area (Å²) in [6.07, 6.45) is 3.39. The molecule has 2 aromatic rings. The third-order valence-corrected chi connectivity index (χ3v) is 4.65. The number of aromatic nitrogens is 1. The summed E-state index contributed by atoms with van der Waals surface area (Å²) >= 11 is 1.60. The summed E-state index contributed by atoms with van der Waals surface area (Å²) in [4.78, 5) is 2.45. The quantitative estimate of drug-likeness (QED) is 0.924. The van der Waals surface area contributed by atoms with Crippen LogP contribution in [0.2, 0.25) is 0 Å². The van der Waals surface area contributed by atoms with Crippen LogP contribution in [0.4, 0.5) is 5.00 Å². The zero-order chi connectivity index (χ0) is 12.4. The monoisotopic (exact) mass is 262 g/mol. The number of hydrogen-bond acceptors (Lipinski definition) is 4. The van der Waals surface area contributed by atoms with Crippen LogP contribution in [0.15, 0.2) is 24.3 Å². The van der Waals surface area contributed by atoms with Gasteiger partial charge in [0.2, 0.25) is 0 Å². The van der Waals surface area contributed by atoms with E-state index in [0.717, 1.165) is 25.0 Å². The first kappa shape index (κ1) is 11.9. The summed E-state index contributed by atoms with van der Waals surface area (Å²) in [7, 11) is 0. The maximum Gasteiger partial charge on any atom is 0.119 e. The van der Waals surface area contributed by atoms with Crippen LogP contribution in [-0.2, 0) is 0 Å². The van der Waals surface area contributed by atoms with Gasteiger partial charge in [0, 0.05) is 25.1 Å². The number of anilines is 1. The minimum absolute atomic E-state index is 0.307. The van der Waals surface area contributed by atoms with Crippen molar-refractivity contribution in [2.75, 3.05) is 24.6 Å². The molecule has 2 heterocycles. The largest absolute Gasteiger partial charge is 0.396 e. The van der Waals surface area contributed by atoms with Crippen molar-refractivity contribution in [3.63, 3.8) is 0 Å². The van der Waals surface area contributed by atoms with Crippen molar-refractivity contribution in [3.05, 3.63) is 24.3 Å². The standard InChI is InChI=1S/C14H18N2OS/c17-9-7-11-4-3-8-16(10-11)14-12-5-1-2-6-13(12)15-18-14/h1-2,5-6,11,17H,3-4,7-10H2. The lowest BCUT2D eigenvalue weighted by atomic mass is 9.95. The second-order valence-electron chi connectivity index (χ2n) is 4.97. The Balaban J connectivity index is 1.85. The highest BCUT2D eigenvalue weighted by Gasteiger charge is 2.22. The van der Waals surface area contributed by atoms with E-state index in [2.05, 4.69) is 27.5 Å². The van der Waals surface area contributed by atoms with E-state index in [0.29, 0.717) is 12.5 Å². The van der Waals surface area contributed by atoms with Crippen molar-refractivity contribution >= 4 is 27.4 Å². The molecule has 1 unspecified atom stereocenters. The Kier molecular flexibility index (Phi) is 3.48. The van der Waals surface area contributed by atoms with E-state index < -0.39 is 0 Å². The minimum Gasteiger partial charge on any atom is -0.396 e. The molecule has 1 aromatic heterocycles. The van der Waals surface area contributed by atoms with E-state index in [1.165, 1.54) is 23.2 Å². The van der Waals surface area contributed by atoms with Crippen molar-refractivity contribution in [1.29, 1.82) is 0 Å². The molecule has 1 aromatic carbocycles. The Labute approximate surface area is 111 Å². The number of aliphatic hydroxyl groups excluding tert-OH is 1. The molecule has 3 rings (SSSR count). The van der Waals surface area contributed by atoms with Gasteiger partial charge in [-0.1, -0.05) is 12.1 Å². The number of piperidine rings is 1. The molecule has 0 amide bonds. The summed E-state index contributed by atoms with van der Waals surface area (Å²) in [6, 6.07) is 8.35. The van der Waals surface area contributed by atoms with Gasteiger partial charge in [-0.25, -0.2) is 0 Å². The predicted octanol–water partition coefficient (Wildman–Crippen LogP) is 2.90. The first-order valence-electron chi connectivity index (χ1n) is 6.58. The zero-order valence-electron chi connectivity index (χ0n) is 10.4. The molecule has 0 spiro atoms. The van der Waals surface area contributed by atoms with Gasteiger partial charge in [-0.05, 0) is 48.8 Å². The van der Waals surface area contributed by atoms with E-state index in [1.807, 2.05) is 6.07 Å². The van der Waals surface area contributed by atoms with Gasteiger partial charge in [-0.15, -0.1) is 0 Å². The Morgan fingerprint density at radius 3 is 3.17 bits per heavy atom. The third-order valence-electron chi connectivity index (χ3n) is 3.71. The van der Waals surface area contributed by atoms with Crippen LogP contribution in [-0.4, -0.2) is 29.2 Å². The summed E-state index contributed by atoms with van der Waals surface area (Å²) in [5, 5.41) is 11.6. The lowest BCUT2D eigenvalue weighted by molar-refractivity contribution is 0.244. The molecule has 96 valence electrons. The molecule has 1 aliphatic rings. The van der Waals surface area contributed by atoms with Gasteiger partial charge in [0.25, 0.3) is 0 Å². The van der Waals surface area contributed by atoms with Crippen LogP contribution in [0.1, 0.15) is 19.3 Å². The average Bonchev–Trinajstić information content (AvgIpc) is 2.83. The van der Waals surface area contributed by atoms with Gasteiger partial charge in [-0.3, -0.25) is 0 Å². The van der Waals surface area contributed by atoms with Gasteiger partial charge >= 0.3 is 0 Å².